The van der Waals surface area contributed by atoms with E-state index in [2.05, 4.69) is 19.9 Å². The van der Waals surface area contributed by atoms with Crippen LogP contribution in [0.15, 0.2) is 24.8 Å². The molecule has 5 rings (SSSR count). The van der Waals surface area contributed by atoms with E-state index < -0.39 is 0 Å². The monoisotopic (exact) mass is 353 g/mol. The number of carbonyl (C=O) groups is 2. The van der Waals surface area contributed by atoms with Gasteiger partial charge in [0, 0.05) is 50.1 Å². The number of rotatable bonds is 2. The SMILES string of the molecule is O=C(c1cc[nH]c1)N1CCC2(CC1)c1nc[nH]c1CCN2C(=O)C1CC1. The lowest BCUT2D eigenvalue weighted by Crippen LogP contribution is -2.59. The number of imidazole rings is 1. The second-order valence-electron chi connectivity index (χ2n) is 7.67. The minimum absolute atomic E-state index is 0.0548. The number of H-pyrrole nitrogens is 2. The van der Waals surface area contributed by atoms with Gasteiger partial charge in [0.05, 0.1) is 23.1 Å². The molecule has 1 aliphatic carbocycles. The van der Waals surface area contributed by atoms with Gasteiger partial charge in [0.15, 0.2) is 0 Å². The lowest BCUT2D eigenvalue weighted by atomic mass is 9.78. The number of nitrogens with one attached hydrogen (secondary N) is 2. The first kappa shape index (κ1) is 15.7. The molecule has 2 fully saturated rings. The van der Waals surface area contributed by atoms with E-state index in [-0.39, 0.29) is 23.3 Å². The van der Waals surface area contributed by atoms with Crippen LogP contribution in [0.2, 0.25) is 0 Å². The van der Waals surface area contributed by atoms with Gasteiger partial charge in [0.1, 0.15) is 0 Å². The molecule has 2 aromatic rings. The van der Waals surface area contributed by atoms with Crippen molar-refractivity contribution in [3.05, 3.63) is 41.7 Å². The number of nitrogens with zero attached hydrogens (tertiary/aromatic N) is 3. The van der Waals surface area contributed by atoms with Crippen LogP contribution in [0.5, 0.6) is 0 Å². The van der Waals surface area contributed by atoms with Crippen LogP contribution in [0.25, 0.3) is 0 Å². The first-order valence-corrected chi connectivity index (χ1v) is 9.45. The van der Waals surface area contributed by atoms with E-state index in [9.17, 15) is 9.59 Å². The van der Waals surface area contributed by atoms with Crippen molar-refractivity contribution < 1.29 is 9.59 Å². The number of carbonyl (C=O) groups excluding carboxylic acids is 2. The summed E-state index contributed by atoms with van der Waals surface area (Å²) in [6, 6.07) is 1.81. The lowest BCUT2D eigenvalue weighted by molar-refractivity contribution is -0.143. The molecule has 0 aromatic carbocycles. The summed E-state index contributed by atoms with van der Waals surface area (Å²) in [5.74, 6) is 0.537. The van der Waals surface area contributed by atoms with E-state index in [0.29, 0.717) is 18.7 Å². The molecule has 1 spiro atoms. The molecule has 1 saturated heterocycles. The van der Waals surface area contributed by atoms with Gasteiger partial charge in [-0.3, -0.25) is 9.59 Å². The second-order valence-corrected chi connectivity index (χ2v) is 7.67. The van der Waals surface area contributed by atoms with Crippen molar-refractivity contribution in [1.82, 2.24) is 24.8 Å². The molecule has 0 unspecified atom stereocenters. The van der Waals surface area contributed by atoms with Crippen LogP contribution in [0.3, 0.4) is 0 Å². The van der Waals surface area contributed by atoms with Gasteiger partial charge in [-0.25, -0.2) is 4.98 Å². The predicted molar refractivity (Wildman–Crippen MR) is 94.3 cm³/mol. The number of hydrogen-bond acceptors (Lipinski definition) is 3. The third-order valence-electron chi connectivity index (χ3n) is 6.18. The Balaban J connectivity index is 1.43. The number of amides is 2. The molecule has 3 aliphatic rings. The maximum absolute atomic E-state index is 13.0. The molecule has 136 valence electrons. The zero-order valence-corrected chi connectivity index (χ0v) is 14.7. The maximum atomic E-state index is 13.0. The molecule has 0 radical (unpaired) electrons. The van der Waals surface area contributed by atoms with Gasteiger partial charge in [-0.05, 0) is 31.7 Å². The van der Waals surface area contributed by atoms with Gasteiger partial charge >= 0.3 is 0 Å². The summed E-state index contributed by atoms with van der Waals surface area (Å²) in [7, 11) is 0. The molecule has 7 heteroatoms. The average molecular weight is 353 g/mol. The lowest BCUT2D eigenvalue weighted by Gasteiger charge is -2.50. The van der Waals surface area contributed by atoms with Crippen molar-refractivity contribution in [3.63, 3.8) is 0 Å². The molecule has 2 N–H and O–H groups in total. The summed E-state index contributed by atoms with van der Waals surface area (Å²) in [5, 5.41) is 0. The van der Waals surface area contributed by atoms with Gasteiger partial charge in [-0.1, -0.05) is 0 Å². The van der Waals surface area contributed by atoms with Crippen LogP contribution in [0.1, 0.15) is 47.4 Å². The van der Waals surface area contributed by atoms with Gasteiger partial charge in [-0.15, -0.1) is 0 Å². The highest BCUT2D eigenvalue weighted by Gasteiger charge is 2.51. The van der Waals surface area contributed by atoms with Crippen molar-refractivity contribution in [2.45, 2.75) is 37.6 Å². The van der Waals surface area contributed by atoms with Crippen molar-refractivity contribution >= 4 is 11.8 Å². The maximum Gasteiger partial charge on any atom is 0.255 e. The first-order valence-electron chi connectivity index (χ1n) is 9.45. The zero-order valence-electron chi connectivity index (χ0n) is 14.7. The molecule has 0 atom stereocenters. The van der Waals surface area contributed by atoms with Crippen LogP contribution >= 0.6 is 0 Å². The average Bonchev–Trinajstić information content (AvgIpc) is 3.16. The number of hydrogen-bond donors (Lipinski definition) is 2. The second kappa shape index (κ2) is 5.72. The van der Waals surface area contributed by atoms with Crippen molar-refractivity contribution in [1.29, 1.82) is 0 Å². The Morgan fingerprint density at radius 1 is 1.19 bits per heavy atom. The Labute approximate surface area is 151 Å². The number of likely N-dealkylation sites (tertiary alicyclic amines) is 1. The fraction of sp³-hybridized carbons (Fsp3) is 0.526. The molecule has 2 aromatic heterocycles. The summed E-state index contributed by atoms with van der Waals surface area (Å²) < 4.78 is 0. The normalized spacial score (nSPS) is 21.7. The van der Waals surface area contributed by atoms with E-state index in [1.54, 1.807) is 18.7 Å². The Hall–Kier alpha value is -2.57. The number of piperidine rings is 1. The summed E-state index contributed by atoms with van der Waals surface area (Å²) >= 11 is 0. The predicted octanol–water partition coefficient (Wildman–Crippen LogP) is 1.66. The zero-order chi connectivity index (χ0) is 17.7. The Bertz CT molecular complexity index is 828. The third kappa shape index (κ3) is 2.29. The van der Waals surface area contributed by atoms with E-state index in [0.717, 1.165) is 50.0 Å². The fourth-order valence-corrected chi connectivity index (χ4v) is 4.58. The number of aromatic nitrogens is 3. The third-order valence-corrected chi connectivity index (χ3v) is 6.18. The smallest absolute Gasteiger partial charge is 0.255 e. The molecule has 26 heavy (non-hydrogen) atoms. The van der Waals surface area contributed by atoms with Crippen molar-refractivity contribution in [2.24, 2.45) is 5.92 Å². The van der Waals surface area contributed by atoms with Crippen LogP contribution in [-0.2, 0) is 16.8 Å². The number of fused-ring (bicyclic) bond motifs is 2. The van der Waals surface area contributed by atoms with E-state index in [1.807, 2.05) is 11.0 Å². The van der Waals surface area contributed by atoms with Crippen LogP contribution < -0.4 is 0 Å². The molecular weight excluding hydrogens is 330 g/mol. The summed E-state index contributed by atoms with van der Waals surface area (Å²) in [6.07, 6.45) is 9.61. The topological polar surface area (TPSA) is 85.1 Å². The highest BCUT2D eigenvalue weighted by atomic mass is 16.2. The molecule has 2 amide bonds. The number of aromatic amines is 2. The van der Waals surface area contributed by atoms with Crippen LogP contribution in [0.4, 0.5) is 0 Å². The minimum atomic E-state index is -0.359. The molecule has 4 heterocycles. The highest BCUT2D eigenvalue weighted by molar-refractivity contribution is 5.94. The molecule has 2 aliphatic heterocycles. The molecular formula is C19H23N5O2. The molecule has 1 saturated carbocycles. The summed E-state index contributed by atoms with van der Waals surface area (Å²) in [6.45, 7) is 2.03. The van der Waals surface area contributed by atoms with E-state index in [4.69, 9.17) is 0 Å². The van der Waals surface area contributed by atoms with Gasteiger partial charge in [-0.2, -0.15) is 0 Å². The van der Waals surface area contributed by atoms with Gasteiger partial charge in [0.2, 0.25) is 5.91 Å². The quantitative estimate of drug-likeness (QED) is 0.861. The van der Waals surface area contributed by atoms with Crippen molar-refractivity contribution in [3.8, 4) is 0 Å². The van der Waals surface area contributed by atoms with E-state index in [1.165, 1.54) is 0 Å². The summed E-state index contributed by atoms with van der Waals surface area (Å²) in [5.41, 5.74) is 2.50. The largest absolute Gasteiger partial charge is 0.367 e. The molecule has 7 nitrogen and oxygen atoms in total. The van der Waals surface area contributed by atoms with Gasteiger partial charge in [0.25, 0.3) is 5.91 Å². The van der Waals surface area contributed by atoms with E-state index >= 15 is 0 Å². The summed E-state index contributed by atoms with van der Waals surface area (Å²) in [4.78, 5) is 40.4. The minimum Gasteiger partial charge on any atom is -0.367 e. The fourth-order valence-electron chi connectivity index (χ4n) is 4.58. The first-order chi connectivity index (χ1) is 12.7. The molecule has 0 bridgehead atoms. The van der Waals surface area contributed by atoms with Crippen LogP contribution in [0, 0.1) is 5.92 Å². The Morgan fingerprint density at radius 3 is 2.69 bits per heavy atom. The standard InChI is InChI=1S/C19H23N5O2/c25-17(14-3-7-20-11-14)23-9-5-19(6-10-23)16-15(21-12-22-16)4-8-24(19)18(26)13-1-2-13/h3,7,11-13,20H,1-2,4-6,8-10H2,(H,21,22). The van der Waals surface area contributed by atoms with Crippen molar-refractivity contribution in [2.75, 3.05) is 19.6 Å². The Morgan fingerprint density at radius 2 is 2.00 bits per heavy atom. The van der Waals surface area contributed by atoms with Crippen LogP contribution in [-0.4, -0.2) is 56.2 Å². The highest BCUT2D eigenvalue weighted by Crippen LogP contribution is 2.45. The Kier molecular flexibility index (Phi) is 3.45. The van der Waals surface area contributed by atoms with Gasteiger partial charge < -0.3 is 19.8 Å².